The molecule has 144 valence electrons. The van der Waals surface area contributed by atoms with Gasteiger partial charge in [0.1, 0.15) is 0 Å². The van der Waals surface area contributed by atoms with E-state index in [0.29, 0.717) is 12.1 Å². The fraction of sp³-hybridized carbons (Fsp3) is 0.944. The highest BCUT2D eigenvalue weighted by atomic mass is 127. The van der Waals surface area contributed by atoms with E-state index in [1.54, 1.807) is 0 Å². The number of piperidine rings is 1. The van der Waals surface area contributed by atoms with Crippen LogP contribution in [0.5, 0.6) is 0 Å². The summed E-state index contributed by atoms with van der Waals surface area (Å²) in [6.45, 7) is 14.7. The van der Waals surface area contributed by atoms with Crippen LogP contribution in [0.2, 0.25) is 0 Å². The van der Waals surface area contributed by atoms with Gasteiger partial charge in [0.25, 0.3) is 0 Å². The maximum atomic E-state index is 5.58. The van der Waals surface area contributed by atoms with Crippen LogP contribution >= 0.6 is 24.0 Å². The third-order valence-electron chi connectivity index (χ3n) is 4.30. The highest BCUT2D eigenvalue weighted by molar-refractivity contribution is 14.0. The molecule has 0 unspecified atom stereocenters. The Morgan fingerprint density at radius 1 is 1.17 bits per heavy atom. The summed E-state index contributed by atoms with van der Waals surface area (Å²) >= 11 is 0. The second-order valence-corrected chi connectivity index (χ2v) is 6.63. The monoisotopic (exact) mass is 454 g/mol. The smallest absolute Gasteiger partial charge is 0.191 e. The molecule has 1 saturated heterocycles. The SMILES string of the molecule is CCCCOCCCN=C(NCC)NC1CCN(C(C)C)CC1.I. The number of likely N-dealkylation sites (tertiary alicyclic amines) is 1. The number of unbranched alkanes of at least 4 members (excludes halogenated alkanes) is 1. The van der Waals surface area contributed by atoms with Gasteiger partial charge in [-0.2, -0.15) is 0 Å². The van der Waals surface area contributed by atoms with Gasteiger partial charge in [-0.05, 0) is 46.5 Å². The molecule has 6 heteroatoms. The lowest BCUT2D eigenvalue weighted by Gasteiger charge is -2.35. The standard InChI is InChI=1S/C18H38N4O.HI/c1-5-7-14-23-15-8-11-20-18(19-6-2)21-17-9-12-22(13-10-17)16(3)4;/h16-17H,5-15H2,1-4H3,(H2,19,20,21);1H. The van der Waals surface area contributed by atoms with Crippen molar-refractivity contribution in [3.63, 3.8) is 0 Å². The number of aliphatic imine (C=N–C) groups is 1. The van der Waals surface area contributed by atoms with Gasteiger partial charge in [-0.15, -0.1) is 24.0 Å². The van der Waals surface area contributed by atoms with Crippen molar-refractivity contribution in [2.75, 3.05) is 39.4 Å². The predicted molar refractivity (Wildman–Crippen MR) is 115 cm³/mol. The number of hydrogen-bond acceptors (Lipinski definition) is 3. The van der Waals surface area contributed by atoms with Gasteiger partial charge in [-0.1, -0.05) is 13.3 Å². The topological polar surface area (TPSA) is 48.9 Å². The van der Waals surface area contributed by atoms with Gasteiger partial charge in [0, 0.05) is 51.5 Å². The molecule has 1 fully saturated rings. The van der Waals surface area contributed by atoms with E-state index in [0.717, 1.165) is 45.1 Å². The van der Waals surface area contributed by atoms with Crippen LogP contribution in [-0.2, 0) is 4.74 Å². The molecule has 0 aromatic heterocycles. The van der Waals surface area contributed by atoms with Crippen molar-refractivity contribution in [1.29, 1.82) is 0 Å². The van der Waals surface area contributed by atoms with Crippen LogP contribution in [-0.4, -0.2) is 62.3 Å². The van der Waals surface area contributed by atoms with E-state index in [1.807, 2.05) is 0 Å². The minimum Gasteiger partial charge on any atom is -0.381 e. The summed E-state index contributed by atoms with van der Waals surface area (Å²) in [6, 6.07) is 1.20. The van der Waals surface area contributed by atoms with E-state index >= 15 is 0 Å². The molecular formula is C18H39IN4O. The zero-order valence-electron chi connectivity index (χ0n) is 16.1. The number of halogens is 1. The first kappa shape index (κ1) is 23.9. The Hall–Kier alpha value is -0.0800. The Morgan fingerprint density at radius 3 is 2.42 bits per heavy atom. The summed E-state index contributed by atoms with van der Waals surface area (Å²) in [4.78, 5) is 7.23. The fourth-order valence-corrected chi connectivity index (χ4v) is 2.78. The highest BCUT2D eigenvalue weighted by Crippen LogP contribution is 2.12. The predicted octanol–water partition coefficient (Wildman–Crippen LogP) is 3.24. The molecule has 2 N–H and O–H groups in total. The van der Waals surface area contributed by atoms with E-state index in [1.165, 1.54) is 32.4 Å². The zero-order chi connectivity index (χ0) is 16.9. The molecule has 0 saturated carbocycles. The molecule has 0 spiro atoms. The maximum absolute atomic E-state index is 5.58. The normalized spacial score (nSPS) is 17.0. The number of nitrogens with one attached hydrogen (secondary N) is 2. The van der Waals surface area contributed by atoms with E-state index < -0.39 is 0 Å². The Bertz CT molecular complexity index is 318. The number of nitrogens with zero attached hydrogens (tertiary/aromatic N) is 2. The van der Waals surface area contributed by atoms with E-state index in [4.69, 9.17) is 4.74 Å². The van der Waals surface area contributed by atoms with Crippen LogP contribution in [0.15, 0.2) is 4.99 Å². The van der Waals surface area contributed by atoms with Crippen LogP contribution in [0.3, 0.4) is 0 Å². The summed E-state index contributed by atoms with van der Waals surface area (Å²) in [5.74, 6) is 0.962. The van der Waals surface area contributed by atoms with E-state index in [2.05, 4.69) is 48.2 Å². The first-order chi connectivity index (χ1) is 11.2. The molecule has 0 atom stereocenters. The molecule has 0 aliphatic carbocycles. The van der Waals surface area contributed by atoms with E-state index in [-0.39, 0.29) is 24.0 Å². The van der Waals surface area contributed by atoms with Crippen LogP contribution < -0.4 is 10.6 Å². The Kier molecular flexibility index (Phi) is 15.1. The van der Waals surface area contributed by atoms with Crippen LogP contribution in [0, 0.1) is 0 Å². The Labute approximate surface area is 166 Å². The van der Waals surface area contributed by atoms with Crippen molar-refractivity contribution in [1.82, 2.24) is 15.5 Å². The lowest BCUT2D eigenvalue weighted by molar-refractivity contribution is 0.130. The Morgan fingerprint density at radius 2 is 1.83 bits per heavy atom. The molecular weight excluding hydrogens is 415 g/mol. The third kappa shape index (κ3) is 10.7. The average molecular weight is 454 g/mol. The second kappa shape index (κ2) is 15.2. The van der Waals surface area contributed by atoms with Gasteiger partial charge in [-0.25, -0.2) is 0 Å². The quantitative estimate of drug-likeness (QED) is 0.230. The van der Waals surface area contributed by atoms with Crippen molar-refractivity contribution >= 4 is 29.9 Å². The van der Waals surface area contributed by atoms with Gasteiger partial charge in [0.15, 0.2) is 5.96 Å². The summed E-state index contributed by atoms with van der Waals surface area (Å²) in [5, 5.41) is 6.96. The number of hydrogen-bond donors (Lipinski definition) is 2. The van der Waals surface area contributed by atoms with Gasteiger partial charge < -0.3 is 20.3 Å². The number of rotatable bonds is 10. The highest BCUT2D eigenvalue weighted by Gasteiger charge is 2.21. The minimum atomic E-state index is 0. The largest absolute Gasteiger partial charge is 0.381 e. The van der Waals surface area contributed by atoms with Crippen LogP contribution in [0.25, 0.3) is 0 Å². The minimum absolute atomic E-state index is 0. The lowest BCUT2D eigenvalue weighted by atomic mass is 10.0. The molecule has 0 amide bonds. The first-order valence-electron chi connectivity index (χ1n) is 9.54. The molecule has 0 bridgehead atoms. The molecule has 1 aliphatic rings. The van der Waals surface area contributed by atoms with Crippen LogP contribution in [0.4, 0.5) is 0 Å². The Balaban J connectivity index is 0.00000529. The van der Waals surface area contributed by atoms with Crippen molar-refractivity contribution in [3.05, 3.63) is 0 Å². The molecule has 1 aliphatic heterocycles. The number of guanidine groups is 1. The van der Waals surface area contributed by atoms with Gasteiger partial charge in [0.2, 0.25) is 0 Å². The first-order valence-corrected chi connectivity index (χ1v) is 9.54. The summed E-state index contributed by atoms with van der Waals surface area (Å²) in [5.41, 5.74) is 0. The summed E-state index contributed by atoms with van der Waals surface area (Å²) in [6.07, 6.45) is 5.74. The summed E-state index contributed by atoms with van der Waals surface area (Å²) < 4.78 is 5.58. The molecule has 1 heterocycles. The summed E-state index contributed by atoms with van der Waals surface area (Å²) in [7, 11) is 0. The van der Waals surface area contributed by atoms with E-state index in [9.17, 15) is 0 Å². The van der Waals surface area contributed by atoms with Gasteiger partial charge in [-0.3, -0.25) is 4.99 Å². The van der Waals surface area contributed by atoms with Crippen LogP contribution in [0.1, 0.15) is 59.8 Å². The maximum Gasteiger partial charge on any atom is 0.191 e. The second-order valence-electron chi connectivity index (χ2n) is 6.63. The van der Waals surface area contributed by atoms with Gasteiger partial charge in [0.05, 0.1) is 0 Å². The molecule has 0 radical (unpaired) electrons. The average Bonchev–Trinajstić information content (AvgIpc) is 2.54. The lowest BCUT2D eigenvalue weighted by Crippen LogP contribution is -2.49. The molecule has 0 aromatic rings. The fourth-order valence-electron chi connectivity index (χ4n) is 2.78. The molecule has 24 heavy (non-hydrogen) atoms. The van der Waals surface area contributed by atoms with Crippen molar-refractivity contribution in [2.24, 2.45) is 4.99 Å². The van der Waals surface area contributed by atoms with Crippen molar-refractivity contribution < 1.29 is 4.74 Å². The van der Waals surface area contributed by atoms with Gasteiger partial charge >= 0.3 is 0 Å². The zero-order valence-corrected chi connectivity index (χ0v) is 18.5. The van der Waals surface area contributed by atoms with Crippen molar-refractivity contribution in [3.8, 4) is 0 Å². The third-order valence-corrected chi connectivity index (χ3v) is 4.30. The van der Waals surface area contributed by atoms with Crippen molar-refractivity contribution in [2.45, 2.75) is 71.9 Å². The molecule has 0 aromatic carbocycles. The molecule has 5 nitrogen and oxygen atoms in total. The molecule has 1 rings (SSSR count). The number of ether oxygens (including phenoxy) is 1.